The Morgan fingerprint density at radius 2 is 1.95 bits per heavy atom. The molecule has 0 saturated carbocycles. The smallest absolute Gasteiger partial charge is 0.123 e. The minimum atomic E-state index is -0.157. The van der Waals surface area contributed by atoms with Gasteiger partial charge in [-0.25, -0.2) is 4.39 Å². The highest BCUT2D eigenvalue weighted by Crippen LogP contribution is 2.28. The zero-order chi connectivity index (χ0) is 13.2. The summed E-state index contributed by atoms with van der Waals surface area (Å²) in [5.74, 6) is -0.157. The summed E-state index contributed by atoms with van der Waals surface area (Å²) in [6.07, 6.45) is 5.30. The van der Waals surface area contributed by atoms with Crippen molar-refractivity contribution < 1.29 is 4.39 Å². The van der Waals surface area contributed by atoms with E-state index in [4.69, 9.17) is 0 Å². The molecular weight excluding hydrogens is 239 g/mol. The molecule has 2 aliphatic rings. The molecule has 2 fully saturated rings. The van der Waals surface area contributed by atoms with Gasteiger partial charge in [-0.05, 0) is 50.4 Å². The first-order valence-electron chi connectivity index (χ1n) is 7.49. The van der Waals surface area contributed by atoms with Crippen LogP contribution in [0.1, 0.15) is 44.2 Å². The molecule has 0 bridgehead atoms. The summed E-state index contributed by atoms with van der Waals surface area (Å²) in [5.41, 5.74) is 1.18. The molecule has 2 unspecified atom stereocenters. The number of halogens is 1. The van der Waals surface area contributed by atoms with Crippen LogP contribution in [-0.2, 0) is 0 Å². The second-order valence-electron chi connectivity index (χ2n) is 5.93. The molecule has 1 N–H and O–H groups in total. The lowest BCUT2D eigenvalue weighted by Crippen LogP contribution is -2.45. The van der Waals surface area contributed by atoms with Crippen LogP contribution in [0.15, 0.2) is 24.3 Å². The zero-order valence-corrected chi connectivity index (χ0v) is 11.6. The van der Waals surface area contributed by atoms with E-state index in [1.54, 1.807) is 12.1 Å². The third-order valence-electron chi connectivity index (χ3n) is 4.69. The zero-order valence-electron chi connectivity index (χ0n) is 11.6. The number of hydrogen-bond acceptors (Lipinski definition) is 2. The maximum absolute atomic E-state index is 12.9. The minimum absolute atomic E-state index is 0.157. The van der Waals surface area contributed by atoms with E-state index in [0.29, 0.717) is 12.1 Å². The van der Waals surface area contributed by atoms with Crippen LogP contribution >= 0.6 is 0 Å². The van der Waals surface area contributed by atoms with Gasteiger partial charge in [0.25, 0.3) is 0 Å². The van der Waals surface area contributed by atoms with Crippen LogP contribution < -0.4 is 5.32 Å². The fourth-order valence-electron chi connectivity index (χ4n) is 3.61. The molecule has 3 atom stereocenters. The Hall–Kier alpha value is -0.930. The highest BCUT2D eigenvalue weighted by molar-refractivity contribution is 5.19. The Morgan fingerprint density at radius 3 is 2.74 bits per heavy atom. The van der Waals surface area contributed by atoms with E-state index < -0.39 is 0 Å². The van der Waals surface area contributed by atoms with E-state index in [0.717, 1.165) is 6.04 Å². The molecule has 3 heteroatoms. The summed E-state index contributed by atoms with van der Waals surface area (Å²) in [6, 6.07) is 8.50. The second-order valence-corrected chi connectivity index (χ2v) is 5.93. The molecule has 19 heavy (non-hydrogen) atoms. The number of fused-ring (bicyclic) bond motifs is 1. The van der Waals surface area contributed by atoms with Gasteiger partial charge in [-0.3, -0.25) is 4.90 Å². The average Bonchev–Trinajstić information content (AvgIpc) is 2.83. The van der Waals surface area contributed by atoms with E-state index in [9.17, 15) is 4.39 Å². The molecule has 2 nitrogen and oxygen atoms in total. The van der Waals surface area contributed by atoms with E-state index >= 15 is 0 Å². The first-order valence-corrected chi connectivity index (χ1v) is 7.49. The normalized spacial score (nSPS) is 29.2. The van der Waals surface area contributed by atoms with Crippen molar-refractivity contribution in [3.05, 3.63) is 35.6 Å². The molecule has 0 aromatic heterocycles. The topological polar surface area (TPSA) is 15.3 Å². The van der Waals surface area contributed by atoms with Crippen LogP contribution in [0.3, 0.4) is 0 Å². The lowest BCUT2D eigenvalue weighted by molar-refractivity contribution is 0.177. The van der Waals surface area contributed by atoms with Crippen molar-refractivity contribution in [1.82, 2.24) is 10.2 Å². The molecule has 2 saturated heterocycles. The number of rotatable bonds is 3. The van der Waals surface area contributed by atoms with Crippen molar-refractivity contribution >= 4 is 0 Å². The largest absolute Gasteiger partial charge is 0.306 e. The van der Waals surface area contributed by atoms with Gasteiger partial charge in [-0.2, -0.15) is 0 Å². The number of piperidine rings is 1. The van der Waals surface area contributed by atoms with Gasteiger partial charge in [0.1, 0.15) is 5.82 Å². The van der Waals surface area contributed by atoms with E-state index in [2.05, 4.69) is 17.1 Å². The molecule has 2 aliphatic heterocycles. The predicted octanol–water partition coefficient (Wildman–Crippen LogP) is 3.10. The minimum Gasteiger partial charge on any atom is -0.306 e. The maximum Gasteiger partial charge on any atom is 0.123 e. The standard InChI is InChI=1S/C16H23FN2/c1-12(13-5-7-14(17)8-6-13)18-15-9-11-19-10-3-2-4-16(15)19/h5-8,12,15-16,18H,2-4,9-11H2,1H3/t12-,15?,16?/m1/s1. The number of nitrogens with one attached hydrogen (secondary N) is 1. The number of nitrogens with zero attached hydrogens (tertiary/aromatic N) is 1. The second kappa shape index (κ2) is 5.59. The van der Waals surface area contributed by atoms with Gasteiger partial charge in [0.2, 0.25) is 0 Å². The summed E-state index contributed by atoms with van der Waals surface area (Å²) >= 11 is 0. The van der Waals surface area contributed by atoms with Crippen molar-refractivity contribution in [3.63, 3.8) is 0 Å². The monoisotopic (exact) mass is 262 g/mol. The molecule has 0 amide bonds. The maximum atomic E-state index is 12.9. The molecule has 0 radical (unpaired) electrons. The van der Waals surface area contributed by atoms with Crippen LogP contribution in [0.4, 0.5) is 4.39 Å². The van der Waals surface area contributed by atoms with Gasteiger partial charge >= 0.3 is 0 Å². The van der Waals surface area contributed by atoms with Gasteiger partial charge in [0.05, 0.1) is 0 Å². The Kier molecular flexibility index (Phi) is 3.85. The quantitative estimate of drug-likeness (QED) is 0.900. The van der Waals surface area contributed by atoms with Gasteiger partial charge in [-0.15, -0.1) is 0 Å². The van der Waals surface area contributed by atoms with Crippen LogP contribution in [-0.4, -0.2) is 30.1 Å². The highest BCUT2D eigenvalue weighted by Gasteiger charge is 2.35. The molecule has 2 heterocycles. The van der Waals surface area contributed by atoms with Crippen molar-refractivity contribution in [2.45, 2.75) is 50.7 Å². The fraction of sp³-hybridized carbons (Fsp3) is 0.625. The third kappa shape index (κ3) is 2.82. The third-order valence-corrected chi connectivity index (χ3v) is 4.69. The van der Waals surface area contributed by atoms with Crippen LogP contribution in [0.25, 0.3) is 0 Å². The fourth-order valence-corrected chi connectivity index (χ4v) is 3.61. The lowest BCUT2D eigenvalue weighted by atomic mass is 9.97. The Morgan fingerprint density at radius 1 is 1.16 bits per heavy atom. The van der Waals surface area contributed by atoms with Crippen molar-refractivity contribution in [1.29, 1.82) is 0 Å². The molecule has 1 aromatic carbocycles. The summed E-state index contributed by atoms with van der Waals surface area (Å²) in [6.45, 7) is 4.69. The molecular formula is C16H23FN2. The predicted molar refractivity (Wildman–Crippen MR) is 75.6 cm³/mol. The molecule has 0 spiro atoms. The van der Waals surface area contributed by atoms with Crippen LogP contribution in [0.5, 0.6) is 0 Å². The van der Waals surface area contributed by atoms with Gasteiger partial charge < -0.3 is 5.32 Å². The van der Waals surface area contributed by atoms with Crippen molar-refractivity contribution in [2.24, 2.45) is 0 Å². The first kappa shape index (κ1) is 13.1. The Labute approximate surface area is 115 Å². The molecule has 1 aromatic rings. The summed E-state index contributed by atoms with van der Waals surface area (Å²) < 4.78 is 12.9. The Bertz CT molecular complexity index is 417. The van der Waals surface area contributed by atoms with E-state index in [1.807, 2.05) is 12.1 Å². The number of benzene rings is 1. The van der Waals surface area contributed by atoms with E-state index in [1.165, 1.54) is 44.3 Å². The highest BCUT2D eigenvalue weighted by atomic mass is 19.1. The average molecular weight is 262 g/mol. The molecule has 3 rings (SSSR count). The van der Waals surface area contributed by atoms with Crippen molar-refractivity contribution in [3.8, 4) is 0 Å². The van der Waals surface area contributed by atoms with Gasteiger partial charge in [0, 0.05) is 24.7 Å². The number of hydrogen-bond donors (Lipinski definition) is 1. The van der Waals surface area contributed by atoms with Crippen molar-refractivity contribution in [2.75, 3.05) is 13.1 Å². The summed E-state index contributed by atoms with van der Waals surface area (Å²) in [7, 11) is 0. The van der Waals surface area contributed by atoms with Crippen LogP contribution in [0.2, 0.25) is 0 Å². The summed E-state index contributed by atoms with van der Waals surface area (Å²) in [4.78, 5) is 2.64. The van der Waals surface area contributed by atoms with Crippen LogP contribution in [0, 0.1) is 5.82 Å². The van der Waals surface area contributed by atoms with Gasteiger partial charge in [-0.1, -0.05) is 18.6 Å². The molecule has 104 valence electrons. The van der Waals surface area contributed by atoms with Gasteiger partial charge in [0.15, 0.2) is 0 Å². The van der Waals surface area contributed by atoms with E-state index in [-0.39, 0.29) is 5.82 Å². The lowest BCUT2D eigenvalue weighted by Gasteiger charge is -2.34. The molecule has 0 aliphatic carbocycles. The summed E-state index contributed by atoms with van der Waals surface area (Å²) in [5, 5.41) is 3.75. The first-order chi connectivity index (χ1) is 9.24. The SMILES string of the molecule is C[C@@H](NC1CCN2CCCCC12)c1ccc(F)cc1. The Balaban J connectivity index is 1.63.